The molecule has 0 aliphatic carbocycles. The third-order valence-corrected chi connectivity index (χ3v) is 6.60. The fourth-order valence-electron chi connectivity index (χ4n) is 3.58. The molecule has 1 unspecified atom stereocenters. The zero-order valence-corrected chi connectivity index (χ0v) is 21.1. The smallest absolute Gasteiger partial charge is 0.417 e. The topological polar surface area (TPSA) is 58.6 Å². The van der Waals surface area contributed by atoms with Crippen molar-refractivity contribution in [2.75, 3.05) is 18.0 Å². The van der Waals surface area contributed by atoms with Gasteiger partial charge in [-0.05, 0) is 68.2 Å². The van der Waals surface area contributed by atoms with Crippen molar-refractivity contribution in [1.29, 1.82) is 0 Å². The lowest BCUT2D eigenvalue weighted by Gasteiger charge is -2.45. The van der Waals surface area contributed by atoms with E-state index in [0.29, 0.717) is 6.54 Å². The summed E-state index contributed by atoms with van der Waals surface area (Å²) in [6.07, 6.45) is -5.09. The fourth-order valence-corrected chi connectivity index (χ4v) is 4.52. The number of fused-ring (bicyclic) bond motifs is 1. The molecule has 176 valence electrons. The highest BCUT2D eigenvalue weighted by Crippen LogP contribution is 2.44. The van der Waals surface area contributed by atoms with Crippen LogP contribution in [0.25, 0.3) is 10.9 Å². The van der Waals surface area contributed by atoms with E-state index in [4.69, 9.17) is 27.9 Å². The van der Waals surface area contributed by atoms with Crippen LogP contribution in [0.1, 0.15) is 40.2 Å². The molecule has 0 saturated carbocycles. The molecule has 0 spiro atoms. The lowest BCUT2D eigenvalue weighted by molar-refractivity contribution is -0.138. The van der Waals surface area contributed by atoms with Gasteiger partial charge >= 0.3 is 12.3 Å². The first-order valence-electron chi connectivity index (χ1n) is 9.79. The van der Waals surface area contributed by atoms with E-state index in [0.717, 1.165) is 6.07 Å². The van der Waals surface area contributed by atoms with Gasteiger partial charge in [-0.1, -0.05) is 11.6 Å². The number of rotatable bonds is 1. The van der Waals surface area contributed by atoms with E-state index in [1.54, 1.807) is 25.7 Å². The number of amides is 1. The average molecular weight is 558 g/mol. The van der Waals surface area contributed by atoms with Crippen molar-refractivity contribution in [3.05, 3.63) is 26.4 Å². The summed E-state index contributed by atoms with van der Waals surface area (Å²) in [5.41, 5.74) is -1.47. The first kappa shape index (κ1) is 25.1. The van der Waals surface area contributed by atoms with Gasteiger partial charge in [0.1, 0.15) is 11.4 Å². The second-order valence-electron chi connectivity index (χ2n) is 8.75. The van der Waals surface area contributed by atoms with Gasteiger partial charge in [0, 0.05) is 30.6 Å². The predicted octanol–water partition coefficient (Wildman–Crippen LogP) is 6.55. The van der Waals surface area contributed by atoms with Gasteiger partial charge in [-0.15, -0.1) is 0 Å². The molecule has 2 aromatic rings. The van der Waals surface area contributed by atoms with E-state index in [1.807, 2.05) is 18.7 Å². The lowest BCUT2D eigenvalue weighted by Crippen LogP contribution is -2.59. The first-order valence-corrected chi connectivity index (χ1v) is 11.3. The number of aromatic nitrogens is 2. The zero-order valence-electron chi connectivity index (χ0n) is 18.0. The van der Waals surface area contributed by atoms with E-state index in [-0.39, 0.29) is 50.1 Å². The Morgan fingerprint density at radius 1 is 1.16 bits per heavy atom. The molecule has 1 aliphatic heterocycles. The minimum absolute atomic E-state index is 0.107. The molecule has 1 fully saturated rings. The van der Waals surface area contributed by atoms with E-state index >= 15 is 0 Å². The second-order valence-corrected chi connectivity index (χ2v) is 10.3. The highest BCUT2D eigenvalue weighted by molar-refractivity contribution is 9.10. The number of carbonyl (C=O) groups excluding carboxylic acids is 1. The molecular weight excluding hydrogens is 536 g/mol. The molecule has 3 rings (SSSR count). The Balaban J connectivity index is 2.06. The van der Waals surface area contributed by atoms with Crippen molar-refractivity contribution >= 4 is 61.9 Å². The Morgan fingerprint density at radius 3 is 2.34 bits per heavy atom. The number of carbonyl (C=O) groups is 1. The van der Waals surface area contributed by atoms with E-state index in [9.17, 15) is 18.0 Å². The van der Waals surface area contributed by atoms with Crippen LogP contribution in [0, 0.1) is 0 Å². The molecule has 2 atom stereocenters. The molecule has 1 aromatic carbocycles. The minimum atomic E-state index is -4.64. The Morgan fingerprint density at radius 2 is 1.78 bits per heavy atom. The van der Waals surface area contributed by atoms with Crippen LogP contribution in [0.3, 0.4) is 0 Å². The molecular formula is C20H22BrCl2F3N4O2. The number of alkyl halides is 3. The normalized spacial score (nSPS) is 20.1. The van der Waals surface area contributed by atoms with Gasteiger partial charge in [-0.25, -0.2) is 9.78 Å². The maximum Gasteiger partial charge on any atom is 0.417 e. The van der Waals surface area contributed by atoms with Crippen molar-refractivity contribution in [1.82, 2.24) is 14.9 Å². The van der Waals surface area contributed by atoms with E-state index < -0.39 is 23.4 Å². The molecule has 12 heteroatoms. The summed E-state index contributed by atoms with van der Waals surface area (Å²) in [5.74, 6) is 0.225. The van der Waals surface area contributed by atoms with Crippen LogP contribution in [-0.4, -0.2) is 51.7 Å². The van der Waals surface area contributed by atoms with E-state index in [1.165, 1.54) is 0 Å². The molecule has 1 amide bonds. The third-order valence-electron chi connectivity index (χ3n) is 5.02. The largest absolute Gasteiger partial charge is 0.444 e. The van der Waals surface area contributed by atoms with Crippen LogP contribution < -0.4 is 4.90 Å². The van der Waals surface area contributed by atoms with Gasteiger partial charge in [0.15, 0.2) is 0 Å². The van der Waals surface area contributed by atoms with E-state index in [2.05, 4.69) is 25.9 Å². The number of halogens is 6. The number of hydrogen-bond donors (Lipinski definition) is 0. The van der Waals surface area contributed by atoms with Crippen molar-refractivity contribution in [2.24, 2.45) is 0 Å². The average Bonchev–Trinajstić information content (AvgIpc) is 2.63. The highest BCUT2D eigenvalue weighted by atomic mass is 79.9. The summed E-state index contributed by atoms with van der Waals surface area (Å²) in [6.45, 7) is 9.61. The molecule has 6 nitrogen and oxygen atoms in total. The van der Waals surface area contributed by atoms with Crippen LogP contribution in [0.5, 0.6) is 0 Å². The SMILES string of the molecule is CC1CN(C(=O)OC(C)(C)C)[C@@H](C)CN1c1nc(Cl)nc2c(Cl)c(Br)c(C(F)(F)F)cc12. The molecule has 1 aliphatic rings. The molecule has 1 saturated heterocycles. The summed E-state index contributed by atoms with van der Waals surface area (Å²) in [6, 6.07) is 0.386. The highest BCUT2D eigenvalue weighted by Gasteiger charge is 2.38. The van der Waals surface area contributed by atoms with Gasteiger partial charge in [0.25, 0.3) is 0 Å². The van der Waals surface area contributed by atoms with Gasteiger partial charge in [-0.3, -0.25) is 0 Å². The molecule has 32 heavy (non-hydrogen) atoms. The number of hydrogen-bond acceptors (Lipinski definition) is 5. The van der Waals surface area contributed by atoms with Crippen molar-refractivity contribution in [3.63, 3.8) is 0 Å². The number of nitrogens with zero attached hydrogens (tertiary/aromatic N) is 4. The Hall–Kier alpha value is -1.52. The maximum absolute atomic E-state index is 13.6. The Kier molecular flexibility index (Phi) is 6.81. The molecule has 0 bridgehead atoms. The minimum Gasteiger partial charge on any atom is -0.444 e. The Labute approximate surface area is 202 Å². The maximum atomic E-state index is 13.6. The predicted molar refractivity (Wildman–Crippen MR) is 121 cm³/mol. The van der Waals surface area contributed by atoms with Crippen LogP contribution in [-0.2, 0) is 10.9 Å². The van der Waals surface area contributed by atoms with Crippen LogP contribution >= 0.6 is 39.1 Å². The molecule has 0 radical (unpaired) electrons. The number of piperazine rings is 1. The number of anilines is 1. The first-order chi connectivity index (χ1) is 14.6. The van der Waals surface area contributed by atoms with Crippen LogP contribution in [0.15, 0.2) is 10.5 Å². The van der Waals surface area contributed by atoms with Crippen LogP contribution in [0.2, 0.25) is 10.3 Å². The third kappa shape index (κ3) is 5.02. The van der Waals surface area contributed by atoms with Gasteiger partial charge < -0.3 is 14.5 Å². The fraction of sp³-hybridized carbons (Fsp3) is 0.550. The summed E-state index contributed by atoms with van der Waals surface area (Å²) in [7, 11) is 0. The summed E-state index contributed by atoms with van der Waals surface area (Å²) in [4.78, 5) is 24.3. The van der Waals surface area contributed by atoms with Crippen molar-refractivity contribution in [2.45, 2.75) is 58.5 Å². The monoisotopic (exact) mass is 556 g/mol. The van der Waals surface area contributed by atoms with Gasteiger partial charge in [0.05, 0.1) is 20.6 Å². The van der Waals surface area contributed by atoms with Crippen molar-refractivity contribution < 1.29 is 22.7 Å². The molecule has 2 heterocycles. The number of ether oxygens (including phenoxy) is 1. The molecule has 0 N–H and O–H groups in total. The summed E-state index contributed by atoms with van der Waals surface area (Å²) < 4.78 is 46.0. The molecule has 1 aromatic heterocycles. The second kappa shape index (κ2) is 8.68. The standard InChI is InChI=1S/C20H22BrCl2F3N4O2/c1-9-8-30(18(31)32-19(3,4)5)10(2)7-29(9)16-11-6-12(20(24,25)26)13(21)14(22)15(11)27-17(23)28-16/h6,9-10H,7-8H2,1-5H3/t9?,10-/m0/s1. The summed E-state index contributed by atoms with van der Waals surface area (Å²) in [5, 5.41) is -0.219. The quantitative estimate of drug-likeness (QED) is 0.372. The number of benzene rings is 1. The van der Waals surface area contributed by atoms with Crippen LogP contribution in [0.4, 0.5) is 23.8 Å². The van der Waals surface area contributed by atoms with Gasteiger partial charge in [-0.2, -0.15) is 18.2 Å². The zero-order chi connectivity index (χ0) is 24.2. The summed E-state index contributed by atoms with van der Waals surface area (Å²) >= 11 is 15.3. The van der Waals surface area contributed by atoms with Gasteiger partial charge in [0.2, 0.25) is 5.28 Å². The lowest BCUT2D eigenvalue weighted by atomic mass is 10.1. The Bertz CT molecular complexity index is 1060. The van der Waals surface area contributed by atoms with Crippen molar-refractivity contribution in [3.8, 4) is 0 Å².